The zero-order valence-electron chi connectivity index (χ0n) is 11.0. The second-order valence-corrected chi connectivity index (χ2v) is 5.64. The van der Waals surface area contributed by atoms with Gasteiger partial charge < -0.3 is 10.6 Å². The van der Waals surface area contributed by atoms with Crippen LogP contribution in [0.3, 0.4) is 0 Å². The summed E-state index contributed by atoms with van der Waals surface area (Å²) in [5.41, 5.74) is 1.31. The lowest BCUT2D eigenvalue weighted by molar-refractivity contribution is -0.117. The number of hydrogen-bond donors (Lipinski definition) is 2. The molecular weight excluding hydrogens is 240 g/mol. The highest BCUT2D eigenvalue weighted by Crippen LogP contribution is 2.38. The standard InChI is InChI=1S/C15H18N2O2/c1-9-7-13(9)15(19)17-12-4-2-3-10(8-12)14(18)16-11-5-6-11/h2-4,8-9,11,13H,5-7H2,1H3,(H,16,18)(H,17,19)/t9-,13-/m0/s1. The van der Waals surface area contributed by atoms with Crippen LogP contribution < -0.4 is 10.6 Å². The highest BCUT2D eigenvalue weighted by Gasteiger charge is 2.39. The topological polar surface area (TPSA) is 58.2 Å². The van der Waals surface area contributed by atoms with Gasteiger partial charge in [-0.15, -0.1) is 0 Å². The van der Waals surface area contributed by atoms with Crippen LogP contribution in [0.4, 0.5) is 5.69 Å². The Bertz CT molecular complexity index is 523. The fourth-order valence-electron chi connectivity index (χ4n) is 2.16. The van der Waals surface area contributed by atoms with Crippen molar-refractivity contribution < 1.29 is 9.59 Å². The van der Waals surface area contributed by atoms with E-state index in [1.165, 1.54) is 0 Å². The maximum Gasteiger partial charge on any atom is 0.251 e. The number of carbonyl (C=O) groups excluding carboxylic acids is 2. The van der Waals surface area contributed by atoms with E-state index in [1.807, 2.05) is 6.07 Å². The van der Waals surface area contributed by atoms with E-state index in [-0.39, 0.29) is 17.7 Å². The van der Waals surface area contributed by atoms with E-state index < -0.39 is 0 Å². The minimum atomic E-state index is -0.0570. The summed E-state index contributed by atoms with van der Waals surface area (Å²) in [6, 6.07) is 7.47. The van der Waals surface area contributed by atoms with Gasteiger partial charge in [0.25, 0.3) is 5.91 Å². The number of amides is 2. The van der Waals surface area contributed by atoms with E-state index in [0.29, 0.717) is 23.2 Å². The molecule has 0 heterocycles. The minimum Gasteiger partial charge on any atom is -0.349 e. The van der Waals surface area contributed by atoms with Crippen molar-refractivity contribution in [3.8, 4) is 0 Å². The van der Waals surface area contributed by atoms with Crippen LogP contribution in [-0.4, -0.2) is 17.9 Å². The molecule has 1 aromatic rings. The molecular formula is C15H18N2O2. The lowest BCUT2D eigenvalue weighted by Crippen LogP contribution is -2.25. The zero-order chi connectivity index (χ0) is 13.4. The summed E-state index contributed by atoms with van der Waals surface area (Å²) in [5, 5.41) is 5.82. The van der Waals surface area contributed by atoms with Crippen molar-refractivity contribution in [2.75, 3.05) is 5.32 Å². The lowest BCUT2D eigenvalue weighted by Gasteiger charge is -2.07. The average molecular weight is 258 g/mol. The molecule has 4 nitrogen and oxygen atoms in total. The van der Waals surface area contributed by atoms with Gasteiger partial charge in [-0.3, -0.25) is 9.59 Å². The van der Waals surface area contributed by atoms with Gasteiger partial charge in [0, 0.05) is 23.2 Å². The molecule has 0 spiro atoms. The third kappa shape index (κ3) is 2.95. The number of carbonyl (C=O) groups is 2. The van der Waals surface area contributed by atoms with Crippen molar-refractivity contribution in [2.45, 2.75) is 32.2 Å². The van der Waals surface area contributed by atoms with Crippen LogP contribution in [0, 0.1) is 11.8 Å². The summed E-state index contributed by atoms with van der Waals surface area (Å²) < 4.78 is 0. The molecule has 1 aromatic carbocycles. The summed E-state index contributed by atoms with van der Waals surface area (Å²) in [5.74, 6) is 0.635. The molecule has 0 bridgehead atoms. The largest absolute Gasteiger partial charge is 0.349 e. The molecule has 0 unspecified atom stereocenters. The van der Waals surface area contributed by atoms with E-state index in [2.05, 4.69) is 17.6 Å². The molecule has 0 aromatic heterocycles. The monoisotopic (exact) mass is 258 g/mol. The molecule has 0 aliphatic heterocycles. The fourth-order valence-corrected chi connectivity index (χ4v) is 2.16. The molecule has 4 heteroatoms. The molecule has 19 heavy (non-hydrogen) atoms. The summed E-state index contributed by atoms with van der Waals surface area (Å²) >= 11 is 0. The first-order valence-electron chi connectivity index (χ1n) is 6.85. The van der Waals surface area contributed by atoms with E-state index in [4.69, 9.17) is 0 Å². The third-order valence-electron chi connectivity index (χ3n) is 3.75. The Hall–Kier alpha value is -1.84. The maximum atomic E-state index is 11.9. The molecule has 2 saturated carbocycles. The predicted molar refractivity (Wildman–Crippen MR) is 72.8 cm³/mol. The first-order chi connectivity index (χ1) is 9.13. The average Bonchev–Trinajstić information content (AvgIpc) is 3.28. The van der Waals surface area contributed by atoms with Gasteiger partial charge >= 0.3 is 0 Å². The first-order valence-corrected chi connectivity index (χ1v) is 6.85. The van der Waals surface area contributed by atoms with Gasteiger partial charge in [0.1, 0.15) is 0 Å². The molecule has 3 rings (SSSR count). The van der Waals surface area contributed by atoms with Crippen LogP contribution in [0.25, 0.3) is 0 Å². The van der Waals surface area contributed by atoms with Crippen LogP contribution in [0.1, 0.15) is 36.5 Å². The number of benzene rings is 1. The predicted octanol–water partition coefficient (Wildman–Crippen LogP) is 2.17. The molecule has 0 saturated heterocycles. The van der Waals surface area contributed by atoms with Crippen molar-refractivity contribution >= 4 is 17.5 Å². The molecule has 2 fully saturated rings. The first kappa shape index (κ1) is 12.2. The van der Waals surface area contributed by atoms with Gasteiger partial charge in [-0.05, 0) is 43.4 Å². The summed E-state index contributed by atoms with van der Waals surface area (Å²) in [6.07, 6.45) is 3.11. The summed E-state index contributed by atoms with van der Waals surface area (Å²) in [7, 11) is 0. The smallest absolute Gasteiger partial charge is 0.251 e. The molecule has 2 aliphatic rings. The van der Waals surface area contributed by atoms with Gasteiger partial charge in [0.2, 0.25) is 5.91 Å². The van der Waals surface area contributed by atoms with Gasteiger partial charge in [-0.25, -0.2) is 0 Å². The lowest BCUT2D eigenvalue weighted by atomic mass is 10.2. The van der Waals surface area contributed by atoms with Crippen LogP contribution in [0.5, 0.6) is 0 Å². The highest BCUT2D eigenvalue weighted by atomic mass is 16.2. The Kier molecular flexibility index (Phi) is 3.01. The van der Waals surface area contributed by atoms with Crippen LogP contribution >= 0.6 is 0 Å². The van der Waals surface area contributed by atoms with Crippen LogP contribution in [0.15, 0.2) is 24.3 Å². The quantitative estimate of drug-likeness (QED) is 0.869. The number of hydrogen-bond acceptors (Lipinski definition) is 2. The van der Waals surface area contributed by atoms with Crippen molar-refractivity contribution in [3.05, 3.63) is 29.8 Å². The molecule has 2 N–H and O–H groups in total. The second-order valence-electron chi connectivity index (χ2n) is 5.64. The van der Waals surface area contributed by atoms with Crippen molar-refractivity contribution in [2.24, 2.45) is 11.8 Å². The van der Waals surface area contributed by atoms with E-state index in [0.717, 1.165) is 19.3 Å². The fraction of sp³-hybridized carbons (Fsp3) is 0.467. The second kappa shape index (κ2) is 4.68. The Balaban J connectivity index is 1.65. The van der Waals surface area contributed by atoms with Gasteiger partial charge in [-0.1, -0.05) is 13.0 Å². The summed E-state index contributed by atoms with van der Waals surface area (Å²) in [4.78, 5) is 23.7. The number of rotatable bonds is 4. The van der Waals surface area contributed by atoms with Crippen molar-refractivity contribution in [1.29, 1.82) is 0 Å². The number of anilines is 1. The Morgan fingerprint density at radius 1 is 1.26 bits per heavy atom. The molecule has 2 aliphatic carbocycles. The van der Waals surface area contributed by atoms with E-state index in [9.17, 15) is 9.59 Å². The maximum absolute atomic E-state index is 11.9. The van der Waals surface area contributed by atoms with Crippen LogP contribution in [-0.2, 0) is 4.79 Å². The molecule has 2 atom stereocenters. The Morgan fingerprint density at radius 2 is 2.00 bits per heavy atom. The highest BCUT2D eigenvalue weighted by molar-refractivity contribution is 5.98. The van der Waals surface area contributed by atoms with Crippen molar-refractivity contribution in [3.63, 3.8) is 0 Å². The third-order valence-corrected chi connectivity index (χ3v) is 3.75. The van der Waals surface area contributed by atoms with Gasteiger partial charge in [0.05, 0.1) is 0 Å². The van der Waals surface area contributed by atoms with E-state index >= 15 is 0 Å². The Morgan fingerprint density at radius 3 is 2.63 bits per heavy atom. The molecule has 2 amide bonds. The molecule has 100 valence electrons. The van der Waals surface area contributed by atoms with Gasteiger partial charge in [0.15, 0.2) is 0 Å². The summed E-state index contributed by atoms with van der Waals surface area (Å²) in [6.45, 7) is 2.07. The molecule has 0 radical (unpaired) electrons. The van der Waals surface area contributed by atoms with Gasteiger partial charge in [-0.2, -0.15) is 0 Å². The SMILES string of the molecule is C[C@H]1C[C@@H]1C(=O)Nc1cccc(C(=O)NC2CC2)c1. The zero-order valence-corrected chi connectivity index (χ0v) is 11.0. The van der Waals surface area contributed by atoms with E-state index in [1.54, 1.807) is 18.2 Å². The minimum absolute atomic E-state index is 0.0570. The number of nitrogens with one attached hydrogen (secondary N) is 2. The Labute approximate surface area is 112 Å². The van der Waals surface area contributed by atoms with Crippen LogP contribution in [0.2, 0.25) is 0 Å². The normalized spacial score (nSPS) is 24.7. The van der Waals surface area contributed by atoms with Crippen molar-refractivity contribution in [1.82, 2.24) is 5.32 Å².